The molecule has 104 valence electrons. The third kappa shape index (κ3) is 4.51. The van der Waals surface area contributed by atoms with Crippen molar-refractivity contribution in [1.29, 1.82) is 0 Å². The zero-order valence-corrected chi connectivity index (χ0v) is 12.3. The molecule has 0 spiro atoms. The van der Waals surface area contributed by atoms with Gasteiger partial charge in [-0.3, -0.25) is 4.79 Å². The molecule has 1 heteroatoms. The van der Waals surface area contributed by atoms with E-state index in [0.717, 1.165) is 23.1 Å². The average Bonchev–Trinajstić information content (AvgIpc) is 2.49. The number of allylic oxidation sites excluding steroid dienone is 1. The van der Waals surface area contributed by atoms with Crippen molar-refractivity contribution in [3.05, 3.63) is 83.9 Å². The van der Waals surface area contributed by atoms with Crippen molar-refractivity contribution in [3.8, 4) is 0 Å². The van der Waals surface area contributed by atoms with Gasteiger partial charge >= 0.3 is 0 Å². The second-order valence-corrected chi connectivity index (χ2v) is 4.55. The fraction of sp³-hybridized carbons (Fsp3) is 0.211. The molecule has 0 N–H and O–H groups in total. The van der Waals surface area contributed by atoms with E-state index in [9.17, 15) is 4.79 Å². The lowest BCUT2D eigenvalue weighted by Crippen LogP contribution is -2.04. The Bertz CT molecular complexity index is 541. The Labute approximate surface area is 122 Å². The van der Waals surface area contributed by atoms with Crippen molar-refractivity contribution in [2.24, 2.45) is 0 Å². The predicted molar refractivity (Wildman–Crippen MR) is 86.2 cm³/mol. The van der Waals surface area contributed by atoms with Crippen LogP contribution in [-0.4, -0.2) is 5.78 Å². The second-order valence-electron chi connectivity index (χ2n) is 4.55. The van der Waals surface area contributed by atoms with Crippen LogP contribution < -0.4 is 0 Å². The highest BCUT2D eigenvalue weighted by molar-refractivity contribution is 6.09. The van der Waals surface area contributed by atoms with Crippen LogP contribution in [0.1, 0.15) is 41.8 Å². The number of hydrogen-bond donors (Lipinski definition) is 0. The number of carbonyl (C=O) groups is 1. The lowest BCUT2D eigenvalue weighted by Gasteiger charge is -2.06. The molecule has 0 radical (unpaired) electrons. The monoisotopic (exact) mass is 266 g/mol. The molecular weight excluding hydrogens is 244 g/mol. The molecular formula is C19H22O. The van der Waals surface area contributed by atoms with Crippen LogP contribution in [0.5, 0.6) is 0 Å². The summed E-state index contributed by atoms with van der Waals surface area (Å²) in [7, 11) is 0. The van der Waals surface area contributed by atoms with E-state index in [4.69, 9.17) is 0 Å². The first-order valence-corrected chi connectivity index (χ1v) is 7.03. The number of rotatable bonds is 4. The van der Waals surface area contributed by atoms with Gasteiger partial charge in [-0.05, 0) is 12.0 Å². The Hall–Kier alpha value is -2.15. The number of ketones is 1. The summed E-state index contributed by atoms with van der Waals surface area (Å²) < 4.78 is 0. The third-order valence-corrected chi connectivity index (χ3v) is 2.66. The Kier molecular flexibility index (Phi) is 7.05. The van der Waals surface area contributed by atoms with Gasteiger partial charge in [-0.15, -0.1) is 6.58 Å². The van der Waals surface area contributed by atoms with Crippen LogP contribution in [0.2, 0.25) is 0 Å². The Morgan fingerprint density at radius 3 is 2.15 bits per heavy atom. The van der Waals surface area contributed by atoms with Crippen LogP contribution in [0.4, 0.5) is 0 Å². The maximum atomic E-state index is 12.3. The van der Waals surface area contributed by atoms with Gasteiger partial charge in [-0.1, -0.05) is 80.9 Å². The maximum absolute atomic E-state index is 12.3. The van der Waals surface area contributed by atoms with Crippen LogP contribution in [-0.2, 0) is 6.42 Å². The molecule has 0 aliphatic carbocycles. The van der Waals surface area contributed by atoms with E-state index in [1.807, 2.05) is 60.7 Å². The standard InChI is InChI=1S/C16H14O.C3H8/c1-2-8-13-9-6-7-12-15(13)16(17)14-10-4-3-5-11-14;1-3-2/h2-7,9-12H,1,8H2;3H2,1-2H3. The van der Waals surface area contributed by atoms with E-state index < -0.39 is 0 Å². The molecule has 0 fully saturated rings. The van der Waals surface area contributed by atoms with Gasteiger partial charge in [0.1, 0.15) is 0 Å². The first-order chi connectivity index (χ1) is 9.74. The van der Waals surface area contributed by atoms with Gasteiger partial charge in [-0.25, -0.2) is 0 Å². The van der Waals surface area contributed by atoms with Gasteiger partial charge in [0, 0.05) is 11.1 Å². The van der Waals surface area contributed by atoms with Gasteiger partial charge in [0.15, 0.2) is 5.78 Å². The fourth-order valence-corrected chi connectivity index (χ4v) is 1.82. The lowest BCUT2D eigenvalue weighted by atomic mass is 9.97. The third-order valence-electron chi connectivity index (χ3n) is 2.66. The molecule has 2 aromatic rings. The summed E-state index contributed by atoms with van der Waals surface area (Å²) in [5, 5.41) is 0. The van der Waals surface area contributed by atoms with Gasteiger partial charge in [0.05, 0.1) is 0 Å². The van der Waals surface area contributed by atoms with E-state index in [1.54, 1.807) is 0 Å². The van der Waals surface area contributed by atoms with Crippen LogP contribution in [0.3, 0.4) is 0 Å². The number of benzene rings is 2. The Balaban J connectivity index is 0.000000612. The van der Waals surface area contributed by atoms with Gasteiger partial charge in [-0.2, -0.15) is 0 Å². The van der Waals surface area contributed by atoms with Crippen LogP contribution in [0.15, 0.2) is 67.3 Å². The van der Waals surface area contributed by atoms with Crippen LogP contribution in [0, 0.1) is 0 Å². The minimum Gasteiger partial charge on any atom is -0.289 e. The quantitative estimate of drug-likeness (QED) is 0.558. The van der Waals surface area contributed by atoms with Gasteiger partial charge in [0.25, 0.3) is 0 Å². The predicted octanol–water partition coefficient (Wildman–Crippen LogP) is 5.06. The average molecular weight is 266 g/mol. The van der Waals surface area contributed by atoms with E-state index >= 15 is 0 Å². The second kappa shape index (κ2) is 8.87. The fourth-order valence-electron chi connectivity index (χ4n) is 1.82. The Morgan fingerprint density at radius 1 is 1.00 bits per heavy atom. The minimum atomic E-state index is 0.0723. The van der Waals surface area contributed by atoms with Crippen molar-refractivity contribution in [3.63, 3.8) is 0 Å². The smallest absolute Gasteiger partial charge is 0.193 e. The summed E-state index contributed by atoms with van der Waals surface area (Å²) in [4.78, 5) is 12.3. The molecule has 0 unspecified atom stereocenters. The molecule has 0 aliphatic heterocycles. The molecule has 0 amide bonds. The molecule has 1 nitrogen and oxygen atoms in total. The molecule has 0 saturated carbocycles. The molecule has 0 aromatic heterocycles. The molecule has 20 heavy (non-hydrogen) atoms. The van der Waals surface area contributed by atoms with Gasteiger partial charge < -0.3 is 0 Å². The lowest BCUT2D eigenvalue weighted by molar-refractivity contribution is 0.103. The molecule has 2 aromatic carbocycles. The SMILES string of the molecule is C=CCc1ccccc1C(=O)c1ccccc1.CCC. The van der Waals surface area contributed by atoms with Crippen molar-refractivity contribution < 1.29 is 4.79 Å². The summed E-state index contributed by atoms with van der Waals surface area (Å²) in [5.74, 6) is 0.0723. The largest absolute Gasteiger partial charge is 0.289 e. The van der Waals surface area contributed by atoms with E-state index in [1.165, 1.54) is 6.42 Å². The van der Waals surface area contributed by atoms with Crippen molar-refractivity contribution in [1.82, 2.24) is 0 Å². The van der Waals surface area contributed by atoms with E-state index in [2.05, 4.69) is 20.4 Å². The highest BCUT2D eigenvalue weighted by atomic mass is 16.1. The molecule has 0 atom stereocenters. The molecule has 0 saturated heterocycles. The maximum Gasteiger partial charge on any atom is 0.193 e. The minimum absolute atomic E-state index is 0.0723. The van der Waals surface area contributed by atoms with Gasteiger partial charge in [0.2, 0.25) is 0 Å². The van der Waals surface area contributed by atoms with Crippen molar-refractivity contribution in [2.45, 2.75) is 26.7 Å². The summed E-state index contributed by atoms with van der Waals surface area (Å²) in [6.07, 6.45) is 3.78. The normalized spacial score (nSPS) is 9.30. The van der Waals surface area contributed by atoms with E-state index in [0.29, 0.717) is 0 Å². The van der Waals surface area contributed by atoms with Crippen molar-refractivity contribution in [2.75, 3.05) is 0 Å². The highest BCUT2D eigenvalue weighted by Crippen LogP contribution is 2.15. The molecule has 0 heterocycles. The highest BCUT2D eigenvalue weighted by Gasteiger charge is 2.11. The summed E-state index contributed by atoms with van der Waals surface area (Å²) in [6, 6.07) is 17.0. The van der Waals surface area contributed by atoms with Crippen molar-refractivity contribution >= 4 is 5.78 Å². The molecule has 0 bridgehead atoms. The number of carbonyl (C=O) groups excluding carboxylic acids is 1. The Morgan fingerprint density at radius 2 is 1.55 bits per heavy atom. The topological polar surface area (TPSA) is 17.1 Å². The van der Waals surface area contributed by atoms with E-state index in [-0.39, 0.29) is 5.78 Å². The number of hydrogen-bond acceptors (Lipinski definition) is 1. The first kappa shape index (κ1) is 15.9. The zero-order valence-electron chi connectivity index (χ0n) is 12.3. The molecule has 0 aliphatic rings. The zero-order chi connectivity index (χ0) is 14.8. The summed E-state index contributed by atoms with van der Waals surface area (Å²) in [5.41, 5.74) is 2.51. The molecule has 2 rings (SSSR count). The summed E-state index contributed by atoms with van der Waals surface area (Å²) >= 11 is 0. The summed E-state index contributed by atoms with van der Waals surface area (Å²) in [6.45, 7) is 7.97. The first-order valence-electron chi connectivity index (χ1n) is 7.03. The van der Waals surface area contributed by atoms with Crippen LogP contribution >= 0.6 is 0 Å². The van der Waals surface area contributed by atoms with Crippen LogP contribution in [0.25, 0.3) is 0 Å².